The number of aromatic amines is 1. The van der Waals surface area contributed by atoms with Crippen LogP contribution in [0.2, 0.25) is 0 Å². The highest BCUT2D eigenvalue weighted by atomic mass is 79.9. The highest BCUT2D eigenvalue weighted by Gasteiger charge is 2.27. The standard InChI is InChI=1S/C20H20BrN6O8P/c21-14-3-1-2-13(8-14)9-33-36(31,34-10-15-4-5-16(35-15)27(29)30)12-32-7-6-26-11-23-17-18(26)24-20(22)25-19(17)28/h1-5,8,11H,6-7,9-10,12H2,(H3,22,24,25,28). The van der Waals surface area contributed by atoms with Gasteiger partial charge in [-0.25, -0.2) is 4.98 Å². The van der Waals surface area contributed by atoms with Gasteiger partial charge < -0.3 is 24.0 Å². The van der Waals surface area contributed by atoms with Gasteiger partial charge in [0.25, 0.3) is 5.56 Å². The number of rotatable bonds is 12. The van der Waals surface area contributed by atoms with Crippen LogP contribution in [0.15, 0.2) is 56.4 Å². The van der Waals surface area contributed by atoms with E-state index in [9.17, 15) is 19.5 Å². The van der Waals surface area contributed by atoms with Crippen molar-refractivity contribution in [1.82, 2.24) is 19.5 Å². The summed E-state index contributed by atoms with van der Waals surface area (Å²) in [6.45, 7) is -0.0797. The summed E-state index contributed by atoms with van der Waals surface area (Å²) in [4.78, 5) is 32.5. The summed E-state index contributed by atoms with van der Waals surface area (Å²) in [6, 6.07) is 9.74. The van der Waals surface area contributed by atoms with Crippen LogP contribution >= 0.6 is 23.5 Å². The number of aromatic nitrogens is 4. The van der Waals surface area contributed by atoms with Gasteiger partial charge >= 0.3 is 13.5 Å². The average Bonchev–Trinajstić information content (AvgIpc) is 3.47. The Labute approximate surface area is 211 Å². The highest BCUT2D eigenvalue weighted by molar-refractivity contribution is 9.10. The predicted octanol–water partition coefficient (Wildman–Crippen LogP) is 3.57. The summed E-state index contributed by atoms with van der Waals surface area (Å²) >= 11 is 3.36. The number of fused-ring (bicyclic) bond motifs is 1. The number of nitrogens with zero attached hydrogens (tertiary/aromatic N) is 4. The van der Waals surface area contributed by atoms with E-state index in [1.54, 1.807) is 22.8 Å². The van der Waals surface area contributed by atoms with Crippen molar-refractivity contribution in [3.8, 4) is 0 Å². The molecule has 0 amide bonds. The van der Waals surface area contributed by atoms with E-state index in [0.717, 1.165) is 10.0 Å². The molecular formula is C20H20BrN6O8P. The molecule has 36 heavy (non-hydrogen) atoms. The quantitative estimate of drug-likeness (QED) is 0.107. The smallest absolute Gasteiger partial charge is 0.403 e. The Bertz CT molecular complexity index is 1480. The van der Waals surface area contributed by atoms with Crippen molar-refractivity contribution in [2.24, 2.45) is 0 Å². The molecule has 3 aromatic heterocycles. The molecule has 1 unspecified atom stereocenters. The van der Waals surface area contributed by atoms with Gasteiger partial charge in [-0.15, -0.1) is 0 Å². The molecule has 4 aromatic rings. The zero-order chi connectivity index (χ0) is 25.7. The zero-order valence-electron chi connectivity index (χ0n) is 18.5. The number of nitrogen functional groups attached to an aromatic ring is 1. The van der Waals surface area contributed by atoms with Crippen molar-refractivity contribution in [2.45, 2.75) is 19.8 Å². The van der Waals surface area contributed by atoms with E-state index in [0.29, 0.717) is 0 Å². The number of nitro groups is 1. The van der Waals surface area contributed by atoms with E-state index < -0.39 is 30.3 Å². The van der Waals surface area contributed by atoms with E-state index >= 15 is 0 Å². The molecule has 14 nitrogen and oxygen atoms in total. The van der Waals surface area contributed by atoms with Gasteiger partial charge in [0.1, 0.15) is 23.6 Å². The fourth-order valence-electron chi connectivity index (χ4n) is 3.09. The number of nitrogens with one attached hydrogen (secondary N) is 1. The summed E-state index contributed by atoms with van der Waals surface area (Å²) in [7, 11) is -3.83. The molecule has 4 rings (SSSR count). The van der Waals surface area contributed by atoms with Gasteiger partial charge in [0.2, 0.25) is 5.95 Å². The van der Waals surface area contributed by atoms with Crippen LogP contribution in [0.25, 0.3) is 11.2 Å². The molecule has 0 aliphatic rings. The van der Waals surface area contributed by atoms with Crippen LogP contribution < -0.4 is 11.3 Å². The first-order chi connectivity index (χ1) is 17.2. The monoisotopic (exact) mass is 582 g/mol. The first-order valence-corrected chi connectivity index (χ1v) is 12.9. The molecule has 3 heterocycles. The van der Waals surface area contributed by atoms with E-state index in [1.165, 1.54) is 18.5 Å². The van der Waals surface area contributed by atoms with Crippen molar-refractivity contribution in [3.63, 3.8) is 0 Å². The maximum Gasteiger partial charge on any atom is 0.433 e. The summed E-state index contributed by atoms with van der Waals surface area (Å²) < 4.78 is 37.5. The van der Waals surface area contributed by atoms with Crippen molar-refractivity contribution in [2.75, 3.05) is 18.7 Å². The Morgan fingerprint density at radius 2 is 2.06 bits per heavy atom. The van der Waals surface area contributed by atoms with Crippen LogP contribution in [-0.2, 0) is 38.1 Å². The third kappa shape index (κ3) is 6.44. The summed E-state index contributed by atoms with van der Waals surface area (Å²) in [5, 5.41) is 10.8. The van der Waals surface area contributed by atoms with Gasteiger partial charge in [-0.2, -0.15) is 4.98 Å². The number of hydrogen-bond acceptors (Lipinski definition) is 11. The third-order valence-corrected chi connectivity index (χ3v) is 6.80. The van der Waals surface area contributed by atoms with Gasteiger partial charge in [0.05, 0.1) is 25.6 Å². The molecule has 0 saturated heterocycles. The fourth-order valence-corrected chi connectivity index (χ4v) is 4.78. The molecule has 1 atom stereocenters. The van der Waals surface area contributed by atoms with Gasteiger partial charge in [0.15, 0.2) is 11.2 Å². The first kappa shape index (κ1) is 25.7. The summed E-state index contributed by atoms with van der Waals surface area (Å²) in [5.74, 6) is -0.408. The molecule has 0 aliphatic carbocycles. The molecule has 0 fully saturated rings. The average molecular weight is 583 g/mol. The number of ether oxygens (including phenoxy) is 1. The zero-order valence-corrected chi connectivity index (χ0v) is 21.0. The second-order valence-electron chi connectivity index (χ2n) is 7.38. The minimum absolute atomic E-state index is 0.0312. The summed E-state index contributed by atoms with van der Waals surface area (Å²) in [6.07, 6.45) is 1.01. The maximum absolute atomic E-state index is 13.4. The number of halogens is 1. The highest BCUT2D eigenvalue weighted by Crippen LogP contribution is 2.50. The Hall–Kier alpha value is -3.36. The number of imidazole rings is 1. The molecule has 0 saturated carbocycles. The molecule has 0 aliphatic heterocycles. The lowest BCUT2D eigenvalue weighted by molar-refractivity contribution is -0.402. The van der Waals surface area contributed by atoms with Gasteiger partial charge in [0, 0.05) is 11.0 Å². The normalized spacial score (nSPS) is 13.1. The molecule has 190 valence electrons. The van der Waals surface area contributed by atoms with E-state index in [1.807, 2.05) is 6.07 Å². The number of H-pyrrole nitrogens is 1. The van der Waals surface area contributed by atoms with Crippen LogP contribution in [0.4, 0.5) is 11.8 Å². The third-order valence-electron chi connectivity index (χ3n) is 4.77. The predicted molar refractivity (Wildman–Crippen MR) is 130 cm³/mol. The van der Waals surface area contributed by atoms with Gasteiger partial charge in [-0.3, -0.25) is 29.0 Å². The Morgan fingerprint density at radius 1 is 1.25 bits per heavy atom. The van der Waals surface area contributed by atoms with Crippen molar-refractivity contribution in [1.29, 1.82) is 0 Å². The maximum atomic E-state index is 13.4. The second kappa shape index (κ2) is 11.1. The fraction of sp³-hybridized carbons (Fsp3) is 0.250. The second-order valence-corrected chi connectivity index (χ2v) is 10.3. The molecule has 0 radical (unpaired) electrons. The molecule has 16 heteroatoms. The minimum atomic E-state index is -3.83. The summed E-state index contributed by atoms with van der Waals surface area (Å²) in [5.41, 5.74) is 6.28. The first-order valence-electron chi connectivity index (χ1n) is 10.4. The van der Waals surface area contributed by atoms with Gasteiger partial charge in [-0.05, 0) is 23.8 Å². The van der Waals surface area contributed by atoms with Crippen LogP contribution in [0.1, 0.15) is 11.3 Å². The van der Waals surface area contributed by atoms with Crippen LogP contribution in [-0.4, -0.2) is 37.4 Å². The SMILES string of the molecule is Nc1nc2c(ncn2CCOCP(=O)(OCc2cccc(Br)c2)OCc2ccc([N+](=O)[O-])o2)c(=O)[nH]1. The van der Waals surface area contributed by atoms with Crippen molar-refractivity contribution in [3.05, 3.63) is 79.0 Å². The lowest BCUT2D eigenvalue weighted by Gasteiger charge is -2.18. The Kier molecular flexibility index (Phi) is 7.96. The van der Waals surface area contributed by atoms with Crippen LogP contribution in [0, 0.1) is 10.1 Å². The topological polar surface area (TPSA) is 191 Å². The van der Waals surface area contributed by atoms with Crippen molar-refractivity contribution >= 4 is 46.5 Å². The minimum Gasteiger partial charge on any atom is -0.403 e. The lowest BCUT2D eigenvalue weighted by Crippen LogP contribution is -2.13. The van der Waals surface area contributed by atoms with E-state index in [4.69, 9.17) is 23.9 Å². The molecule has 0 bridgehead atoms. The van der Waals surface area contributed by atoms with Crippen LogP contribution in [0.3, 0.4) is 0 Å². The number of furan rings is 1. The number of benzene rings is 1. The molecular weight excluding hydrogens is 563 g/mol. The number of anilines is 1. The van der Waals surface area contributed by atoms with Gasteiger partial charge in [-0.1, -0.05) is 28.1 Å². The number of nitrogens with two attached hydrogens (primary N) is 1. The molecule has 1 aromatic carbocycles. The lowest BCUT2D eigenvalue weighted by atomic mass is 10.2. The Morgan fingerprint density at radius 3 is 2.81 bits per heavy atom. The molecule has 0 spiro atoms. The number of hydrogen-bond donors (Lipinski definition) is 2. The molecule has 3 N–H and O–H groups in total. The Balaban J connectivity index is 1.40. The van der Waals surface area contributed by atoms with Crippen molar-refractivity contribution < 1.29 is 27.7 Å². The van der Waals surface area contributed by atoms with E-state index in [2.05, 4.69) is 30.9 Å². The largest absolute Gasteiger partial charge is 0.433 e. The van der Waals surface area contributed by atoms with Crippen LogP contribution in [0.5, 0.6) is 0 Å². The van der Waals surface area contributed by atoms with E-state index in [-0.39, 0.29) is 49.2 Å².